The Bertz CT molecular complexity index is 325. The van der Waals surface area contributed by atoms with Gasteiger partial charge >= 0.3 is 5.97 Å². The number of hydrogen-bond acceptors (Lipinski definition) is 2. The summed E-state index contributed by atoms with van der Waals surface area (Å²) in [5.74, 6) is -2.27. The van der Waals surface area contributed by atoms with E-state index in [1.54, 1.807) is 0 Å². The second kappa shape index (κ2) is 3.84. The topological polar surface area (TPSA) is 46.5 Å². The van der Waals surface area contributed by atoms with Crippen LogP contribution in [0.15, 0.2) is 18.2 Å². The van der Waals surface area contributed by atoms with E-state index in [4.69, 9.17) is 5.11 Å². The van der Waals surface area contributed by atoms with Crippen LogP contribution in [0.5, 0.6) is 5.75 Å². The number of carbonyl (C=O) groups is 1. The van der Waals surface area contributed by atoms with E-state index in [1.807, 2.05) is 0 Å². The van der Waals surface area contributed by atoms with Gasteiger partial charge in [-0.25, -0.2) is 13.6 Å². The van der Waals surface area contributed by atoms with Crippen LogP contribution >= 0.6 is 0 Å². The molecule has 70 valence electrons. The molecule has 0 fully saturated rings. The molecule has 0 aromatic heterocycles. The van der Waals surface area contributed by atoms with Gasteiger partial charge in [-0.1, -0.05) is 0 Å². The van der Waals surface area contributed by atoms with Crippen molar-refractivity contribution in [2.24, 2.45) is 0 Å². The monoisotopic (exact) mass is 188 g/mol. The summed E-state index contributed by atoms with van der Waals surface area (Å²) in [5.41, 5.74) is -0.265. The first-order valence-electron chi connectivity index (χ1n) is 3.36. The highest BCUT2D eigenvalue weighted by Gasteiger charge is 2.11. The third-order valence-electron chi connectivity index (χ3n) is 1.38. The summed E-state index contributed by atoms with van der Waals surface area (Å²) in [7, 11) is 0. The lowest BCUT2D eigenvalue weighted by Gasteiger charge is -2.04. The molecule has 0 aliphatic carbocycles. The smallest absolute Gasteiger partial charge is 0.339 e. The maximum absolute atomic E-state index is 12.5. The Morgan fingerprint density at radius 3 is 2.77 bits per heavy atom. The maximum atomic E-state index is 12.5. The molecule has 0 radical (unpaired) electrons. The summed E-state index contributed by atoms with van der Waals surface area (Å²) >= 11 is 0. The van der Waals surface area contributed by atoms with Gasteiger partial charge in [-0.2, -0.15) is 0 Å². The molecule has 0 saturated carbocycles. The molecule has 0 heterocycles. The maximum Gasteiger partial charge on any atom is 0.339 e. The van der Waals surface area contributed by atoms with Crippen molar-refractivity contribution < 1.29 is 23.4 Å². The van der Waals surface area contributed by atoms with Crippen molar-refractivity contribution in [3.05, 3.63) is 29.6 Å². The summed E-state index contributed by atoms with van der Waals surface area (Å²) in [4.78, 5) is 10.5. The summed E-state index contributed by atoms with van der Waals surface area (Å²) in [5, 5.41) is 8.56. The highest BCUT2D eigenvalue weighted by molar-refractivity contribution is 5.90. The highest BCUT2D eigenvalue weighted by atomic mass is 19.1. The Hall–Kier alpha value is -1.65. The van der Waals surface area contributed by atoms with E-state index in [0.717, 1.165) is 18.2 Å². The Morgan fingerprint density at radius 2 is 2.23 bits per heavy atom. The van der Waals surface area contributed by atoms with Crippen molar-refractivity contribution in [2.75, 3.05) is 6.86 Å². The van der Waals surface area contributed by atoms with E-state index >= 15 is 0 Å². The predicted octanol–water partition coefficient (Wildman–Crippen LogP) is 1.83. The molecule has 0 atom stereocenters. The van der Waals surface area contributed by atoms with Crippen LogP contribution in [-0.4, -0.2) is 17.9 Å². The molecule has 0 spiro atoms. The van der Waals surface area contributed by atoms with Crippen LogP contribution in [0.2, 0.25) is 0 Å². The molecular weight excluding hydrogens is 182 g/mol. The van der Waals surface area contributed by atoms with Gasteiger partial charge in [0, 0.05) is 6.07 Å². The third-order valence-corrected chi connectivity index (χ3v) is 1.38. The van der Waals surface area contributed by atoms with Gasteiger partial charge in [0.2, 0.25) is 6.86 Å². The number of rotatable bonds is 3. The zero-order valence-electron chi connectivity index (χ0n) is 6.46. The standard InChI is InChI=1S/C8H6F2O3/c9-4-13-7-3-5(10)1-2-6(7)8(11)12/h1-3H,4H2,(H,11,12). The highest BCUT2D eigenvalue weighted by Crippen LogP contribution is 2.19. The fourth-order valence-electron chi connectivity index (χ4n) is 0.851. The first kappa shape index (κ1) is 9.44. The fraction of sp³-hybridized carbons (Fsp3) is 0.125. The molecule has 0 aliphatic heterocycles. The van der Waals surface area contributed by atoms with Crippen molar-refractivity contribution in [1.82, 2.24) is 0 Å². The van der Waals surface area contributed by atoms with Crippen molar-refractivity contribution in [1.29, 1.82) is 0 Å². The average molecular weight is 188 g/mol. The molecule has 1 N–H and O–H groups in total. The van der Waals surface area contributed by atoms with Crippen LogP contribution < -0.4 is 4.74 Å². The predicted molar refractivity (Wildman–Crippen MR) is 40.0 cm³/mol. The van der Waals surface area contributed by atoms with Gasteiger partial charge in [-0.15, -0.1) is 0 Å². The van der Waals surface area contributed by atoms with Gasteiger partial charge < -0.3 is 9.84 Å². The van der Waals surface area contributed by atoms with Crippen LogP contribution in [0.25, 0.3) is 0 Å². The van der Waals surface area contributed by atoms with Gasteiger partial charge in [0.25, 0.3) is 0 Å². The van der Waals surface area contributed by atoms with Crippen LogP contribution in [0.3, 0.4) is 0 Å². The number of benzene rings is 1. The van der Waals surface area contributed by atoms with Crippen LogP contribution in [0.1, 0.15) is 10.4 Å². The minimum atomic E-state index is -1.29. The third kappa shape index (κ3) is 2.14. The van der Waals surface area contributed by atoms with E-state index in [1.165, 1.54) is 0 Å². The lowest BCUT2D eigenvalue weighted by atomic mass is 10.2. The van der Waals surface area contributed by atoms with Crippen LogP contribution in [0.4, 0.5) is 8.78 Å². The van der Waals surface area contributed by atoms with E-state index in [2.05, 4.69) is 4.74 Å². The number of carboxylic acid groups (broad SMARTS) is 1. The van der Waals surface area contributed by atoms with Crippen molar-refractivity contribution in [3.63, 3.8) is 0 Å². The SMILES string of the molecule is O=C(O)c1ccc(F)cc1OCF. The van der Waals surface area contributed by atoms with E-state index in [9.17, 15) is 13.6 Å². The molecule has 3 nitrogen and oxygen atoms in total. The molecule has 0 saturated heterocycles. The zero-order chi connectivity index (χ0) is 9.84. The van der Waals surface area contributed by atoms with E-state index < -0.39 is 18.6 Å². The molecule has 5 heteroatoms. The number of aromatic carboxylic acids is 1. The normalized spacial score (nSPS) is 9.69. The van der Waals surface area contributed by atoms with Gasteiger partial charge in [0.1, 0.15) is 17.1 Å². The van der Waals surface area contributed by atoms with E-state index in [0.29, 0.717) is 0 Å². The number of hydrogen-bond donors (Lipinski definition) is 1. The van der Waals surface area contributed by atoms with Crippen LogP contribution in [-0.2, 0) is 0 Å². The fourth-order valence-corrected chi connectivity index (χ4v) is 0.851. The van der Waals surface area contributed by atoms with E-state index in [-0.39, 0.29) is 11.3 Å². The molecule has 1 rings (SSSR count). The van der Waals surface area contributed by atoms with Crippen molar-refractivity contribution in [3.8, 4) is 5.75 Å². The molecule has 0 amide bonds. The number of ether oxygens (including phenoxy) is 1. The minimum Gasteiger partial charge on any atom is -0.478 e. The van der Waals surface area contributed by atoms with Gasteiger partial charge in [0.15, 0.2) is 0 Å². The molecule has 1 aromatic rings. The minimum absolute atomic E-state index is 0.265. The first-order chi connectivity index (χ1) is 6.15. The lowest BCUT2D eigenvalue weighted by molar-refractivity contribution is 0.0689. The number of halogens is 2. The molecule has 0 aliphatic rings. The first-order valence-corrected chi connectivity index (χ1v) is 3.36. The number of carboxylic acids is 1. The summed E-state index contributed by atoms with van der Waals surface area (Å²) < 4.78 is 28.5. The second-order valence-corrected chi connectivity index (χ2v) is 2.20. The summed E-state index contributed by atoms with van der Waals surface area (Å²) in [6, 6.07) is 2.81. The summed E-state index contributed by atoms with van der Waals surface area (Å²) in [6.45, 7) is -1.19. The Kier molecular flexibility index (Phi) is 2.79. The molecule has 0 unspecified atom stereocenters. The number of alkyl halides is 1. The molecular formula is C8H6F2O3. The van der Waals surface area contributed by atoms with Gasteiger partial charge in [0.05, 0.1) is 0 Å². The second-order valence-electron chi connectivity index (χ2n) is 2.20. The molecule has 1 aromatic carbocycles. The van der Waals surface area contributed by atoms with Gasteiger partial charge in [-0.3, -0.25) is 0 Å². The Morgan fingerprint density at radius 1 is 1.54 bits per heavy atom. The summed E-state index contributed by atoms with van der Waals surface area (Å²) in [6.07, 6.45) is 0. The Balaban J connectivity index is 3.10. The van der Waals surface area contributed by atoms with Crippen molar-refractivity contribution in [2.45, 2.75) is 0 Å². The molecule has 13 heavy (non-hydrogen) atoms. The largest absolute Gasteiger partial charge is 0.478 e. The Labute approximate surface area is 72.6 Å². The molecule has 0 bridgehead atoms. The van der Waals surface area contributed by atoms with Crippen LogP contribution in [0, 0.1) is 5.82 Å². The quantitative estimate of drug-likeness (QED) is 0.787. The average Bonchev–Trinajstić information content (AvgIpc) is 2.04. The lowest BCUT2D eigenvalue weighted by Crippen LogP contribution is -2.02. The zero-order valence-corrected chi connectivity index (χ0v) is 6.46. The van der Waals surface area contributed by atoms with Crippen molar-refractivity contribution >= 4 is 5.97 Å². The van der Waals surface area contributed by atoms with Gasteiger partial charge in [-0.05, 0) is 12.1 Å².